The van der Waals surface area contributed by atoms with Crippen molar-refractivity contribution < 1.29 is 19.1 Å². The van der Waals surface area contributed by atoms with E-state index in [1.165, 1.54) is 6.08 Å². The maximum atomic E-state index is 12.9. The van der Waals surface area contributed by atoms with Crippen LogP contribution in [-0.2, 0) is 9.59 Å². The highest BCUT2D eigenvalue weighted by molar-refractivity contribution is 6.39. The number of amides is 4. The summed E-state index contributed by atoms with van der Waals surface area (Å²) in [5, 5.41) is 2.23. The quantitative estimate of drug-likeness (QED) is 0.471. The molecule has 0 aromatic heterocycles. The average Bonchev–Trinajstić information content (AvgIpc) is 2.68. The summed E-state index contributed by atoms with van der Waals surface area (Å²) in [7, 11) is 0. The highest BCUT2D eigenvalue weighted by atomic mass is 16.5. The molecule has 0 bridgehead atoms. The Balaban J connectivity index is 1.94. The number of rotatable bonds is 6. The third-order valence-electron chi connectivity index (χ3n) is 4.37. The lowest BCUT2D eigenvalue weighted by atomic mass is 10.1. The molecule has 0 radical (unpaired) electrons. The fourth-order valence-electron chi connectivity index (χ4n) is 2.80. The number of carbonyl (C=O) groups is 3. The predicted molar refractivity (Wildman–Crippen MR) is 107 cm³/mol. The van der Waals surface area contributed by atoms with Crippen molar-refractivity contribution >= 4 is 29.6 Å². The molecule has 0 unspecified atom stereocenters. The summed E-state index contributed by atoms with van der Waals surface area (Å²) in [4.78, 5) is 38.5. The molecule has 1 aliphatic heterocycles. The van der Waals surface area contributed by atoms with Crippen molar-refractivity contribution in [3.05, 3.63) is 65.2 Å². The van der Waals surface area contributed by atoms with E-state index in [0.29, 0.717) is 23.6 Å². The molecule has 28 heavy (non-hydrogen) atoms. The smallest absolute Gasteiger partial charge is 0.335 e. The molecule has 0 aliphatic carbocycles. The first kappa shape index (κ1) is 19.4. The molecule has 6 heteroatoms. The Bertz CT molecular complexity index is 932. The van der Waals surface area contributed by atoms with Crippen molar-refractivity contribution in [2.45, 2.75) is 26.7 Å². The van der Waals surface area contributed by atoms with Gasteiger partial charge in [-0.15, -0.1) is 0 Å². The second-order valence-corrected chi connectivity index (χ2v) is 6.53. The molecule has 1 heterocycles. The minimum Gasteiger partial charge on any atom is -0.493 e. The van der Waals surface area contributed by atoms with Gasteiger partial charge < -0.3 is 4.74 Å². The van der Waals surface area contributed by atoms with Crippen LogP contribution < -0.4 is 15.0 Å². The second-order valence-electron chi connectivity index (χ2n) is 6.53. The highest BCUT2D eigenvalue weighted by Gasteiger charge is 2.36. The van der Waals surface area contributed by atoms with Crippen LogP contribution in [0.25, 0.3) is 6.08 Å². The predicted octanol–water partition coefficient (Wildman–Crippen LogP) is 3.84. The minimum atomic E-state index is -0.761. The first-order valence-corrected chi connectivity index (χ1v) is 9.21. The Labute approximate surface area is 163 Å². The van der Waals surface area contributed by atoms with Crippen molar-refractivity contribution in [2.24, 2.45) is 0 Å². The van der Waals surface area contributed by atoms with E-state index in [4.69, 9.17) is 4.74 Å². The van der Waals surface area contributed by atoms with Crippen LogP contribution in [0.2, 0.25) is 0 Å². The Morgan fingerprint density at radius 3 is 2.46 bits per heavy atom. The number of nitrogens with zero attached hydrogens (tertiary/aromatic N) is 1. The Hall–Kier alpha value is -3.41. The van der Waals surface area contributed by atoms with Gasteiger partial charge in [0, 0.05) is 5.56 Å². The minimum absolute atomic E-state index is 0.119. The van der Waals surface area contributed by atoms with Gasteiger partial charge in [-0.05, 0) is 37.6 Å². The number of urea groups is 1. The highest BCUT2D eigenvalue weighted by Crippen LogP contribution is 2.25. The summed E-state index contributed by atoms with van der Waals surface area (Å²) in [6.45, 7) is 4.52. The molecule has 0 atom stereocenters. The molecule has 6 nitrogen and oxygen atoms in total. The van der Waals surface area contributed by atoms with E-state index >= 15 is 0 Å². The van der Waals surface area contributed by atoms with Gasteiger partial charge in [0.2, 0.25) is 0 Å². The first-order valence-electron chi connectivity index (χ1n) is 9.21. The van der Waals surface area contributed by atoms with Crippen molar-refractivity contribution in [1.82, 2.24) is 5.32 Å². The molecule has 144 valence electrons. The molecule has 0 spiro atoms. The second kappa shape index (κ2) is 8.52. The van der Waals surface area contributed by atoms with Gasteiger partial charge >= 0.3 is 6.03 Å². The van der Waals surface area contributed by atoms with E-state index in [1.54, 1.807) is 42.5 Å². The lowest BCUT2D eigenvalue weighted by Crippen LogP contribution is -2.54. The fraction of sp³-hybridized carbons (Fsp3) is 0.227. The summed E-state index contributed by atoms with van der Waals surface area (Å²) in [5.41, 5.74) is 1.89. The lowest BCUT2D eigenvalue weighted by Gasteiger charge is -2.26. The molecular weight excluding hydrogens is 356 g/mol. The topological polar surface area (TPSA) is 75.7 Å². The summed E-state index contributed by atoms with van der Waals surface area (Å²) < 4.78 is 5.77. The number of ether oxygens (including phenoxy) is 1. The Morgan fingerprint density at radius 2 is 1.75 bits per heavy atom. The van der Waals surface area contributed by atoms with Crippen LogP contribution in [0.3, 0.4) is 0 Å². The zero-order valence-electron chi connectivity index (χ0n) is 15.9. The molecule has 4 amide bonds. The van der Waals surface area contributed by atoms with Crippen LogP contribution in [0.15, 0.2) is 54.1 Å². The van der Waals surface area contributed by atoms with E-state index in [9.17, 15) is 14.4 Å². The summed E-state index contributed by atoms with van der Waals surface area (Å²) in [5.74, 6) is -0.800. The van der Waals surface area contributed by atoms with Gasteiger partial charge in [-0.25, -0.2) is 9.69 Å². The number of carbonyl (C=O) groups excluding carboxylic acids is 3. The Morgan fingerprint density at radius 1 is 1.04 bits per heavy atom. The van der Waals surface area contributed by atoms with E-state index in [0.717, 1.165) is 23.3 Å². The van der Waals surface area contributed by atoms with Crippen LogP contribution in [0.4, 0.5) is 10.5 Å². The van der Waals surface area contributed by atoms with Crippen molar-refractivity contribution in [3.8, 4) is 5.75 Å². The van der Waals surface area contributed by atoms with Crippen LogP contribution in [0, 0.1) is 6.92 Å². The molecule has 1 N–H and O–H groups in total. The maximum Gasteiger partial charge on any atom is 0.335 e. The van der Waals surface area contributed by atoms with Gasteiger partial charge in [-0.3, -0.25) is 14.9 Å². The molecule has 2 aromatic carbocycles. The number of aryl methyl sites for hydroxylation is 1. The number of hydrogen-bond donors (Lipinski definition) is 1. The largest absolute Gasteiger partial charge is 0.493 e. The molecule has 0 saturated carbocycles. The van der Waals surface area contributed by atoms with Crippen molar-refractivity contribution in [3.63, 3.8) is 0 Å². The number of benzene rings is 2. The zero-order valence-corrected chi connectivity index (χ0v) is 15.9. The molecule has 2 aromatic rings. The molecule has 1 saturated heterocycles. The van der Waals surface area contributed by atoms with Gasteiger partial charge in [0.15, 0.2) is 0 Å². The van der Waals surface area contributed by atoms with E-state index in [1.807, 2.05) is 13.0 Å². The standard InChI is InChI=1S/C22H22N2O4/c1-3-4-13-28-19-8-6-5-7-16(19)14-18-20(25)23-22(27)24(21(18)26)17-11-9-15(2)10-12-17/h5-12,14H,3-4,13H2,1-2H3,(H,23,25,27). The molecule has 3 rings (SSSR count). The van der Waals surface area contributed by atoms with Gasteiger partial charge in [-0.1, -0.05) is 49.2 Å². The third kappa shape index (κ3) is 4.11. The molecule has 1 fully saturated rings. The molecule has 1 aliphatic rings. The van der Waals surface area contributed by atoms with Crippen molar-refractivity contribution in [1.29, 1.82) is 0 Å². The summed E-state index contributed by atoms with van der Waals surface area (Å²) in [6, 6.07) is 13.4. The monoisotopic (exact) mass is 378 g/mol. The van der Waals surface area contributed by atoms with Crippen molar-refractivity contribution in [2.75, 3.05) is 11.5 Å². The summed E-state index contributed by atoms with van der Waals surface area (Å²) in [6.07, 6.45) is 3.37. The maximum absolute atomic E-state index is 12.9. The number of imide groups is 2. The van der Waals surface area contributed by atoms with E-state index in [-0.39, 0.29) is 5.57 Å². The van der Waals surface area contributed by atoms with Gasteiger partial charge in [0.1, 0.15) is 11.3 Å². The van der Waals surface area contributed by atoms with Crippen LogP contribution in [-0.4, -0.2) is 24.5 Å². The Kier molecular flexibility index (Phi) is 5.89. The fourth-order valence-corrected chi connectivity index (χ4v) is 2.80. The zero-order chi connectivity index (χ0) is 20.1. The van der Waals surface area contributed by atoms with Gasteiger partial charge in [0.25, 0.3) is 11.8 Å². The lowest BCUT2D eigenvalue weighted by molar-refractivity contribution is -0.122. The average molecular weight is 378 g/mol. The number of hydrogen-bond acceptors (Lipinski definition) is 4. The number of unbranched alkanes of at least 4 members (excludes halogenated alkanes) is 1. The normalized spacial score (nSPS) is 15.7. The van der Waals surface area contributed by atoms with Crippen LogP contribution >= 0.6 is 0 Å². The molecular formula is C22H22N2O4. The third-order valence-corrected chi connectivity index (χ3v) is 4.37. The van der Waals surface area contributed by atoms with Crippen LogP contribution in [0.5, 0.6) is 5.75 Å². The van der Waals surface area contributed by atoms with E-state index < -0.39 is 17.8 Å². The number of nitrogens with one attached hydrogen (secondary N) is 1. The van der Waals surface area contributed by atoms with Gasteiger partial charge in [-0.2, -0.15) is 0 Å². The number of barbiturate groups is 1. The van der Waals surface area contributed by atoms with E-state index in [2.05, 4.69) is 12.2 Å². The van der Waals surface area contributed by atoms with Gasteiger partial charge in [0.05, 0.1) is 12.3 Å². The first-order chi connectivity index (χ1) is 13.5. The SMILES string of the molecule is CCCCOc1ccccc1C=C1C(=O)NC(=O)N(c2ccc(C)cc2)C1=O. The summed E-state index contributed by atoms with van der Waals surface area (Å²) >= 11 is 0. The van der Waals surface area contributed by atoms with Crippen LogP contribution in [0.1, 0.15) is 30.9 Å². The number of anilines is 1. The number of para-hydroxylation sites is 1.